The Morgan fingerprint density at radius 3 is 2.50 bits per heavy atom. The highest BCUT2D eigenvalue weighted by Crippen LogP contribution is 2.03. The van der Waals surface area contributed by atoms with E-state index in [1.165, 1.54) is 0 Å². The van der Waals surface area contributed by atoms with E-state index in [2.05, 4.69) is 16.6 Å². The van der Waals surface area contributed by atoms with Crippen molar-refractivity contribution >= 4 is 12.0 Å². The van der Waals surface area contributed by atoms with Gasteiger partial charge in [-0.05, 0) is 12.5 Å². The molecule has 1 rings (SSSR count). The molecule has 2 unspecified atom stereocenters. The second-order valence-corrected chi connectivity index (χ2v) is 4.51. The summed E-state index contributed by atoms with van der Waals surface area (Å²) < 4.78 is 0. The van der Waals surface area contributed by atoms with E-state index in [-0.39, 0.29) is 12.5 Å². The van der Waals surface area contributed by atoms with Gasteiger partial charge in [-0.2, -0.15) is 0 Å². The van der Waals surface area contributed by atoms with E-state index in [9.17, 15) is 9.59 Å². The Morgan fingerprint density at radius 2 is 1.95 bits per heavy atom. The van der Waals surface area contributed by atoms with Crippen molar-refractivity contribution in [2.24, 2.45) is 0 Å². The summed E-state index contributed by atoms with van der Waals surface area (Å²) in [6, 6.07) is 7.42. The summed E-state index contributed by atoms with van der Waals surface area (Å²) in [6.07, 6.45) is 5.76. The fraction of sp³-hybridized carbons (Fsp3) is 0.333. The Hall–Kier alpha value is -2.48. The molecule has 1 aromatic rings. The minimum Gasteiger partial charge on any atom is -0.480 e. The number of hydrogen-bond acceptors (Lipinski definition) is 2. The molecule has 5 nitrogen and oxygen atoms in total. The van der Waals surface area contributed by atoms with E-state index < -0.39 is 18.0 Å². The van der Waals surface area contributed by atoms with Crippen LogP contribution in [-0.4, -0.2) is 29.2 Å². The maximum absolute atomic E-state index is 11.7. The van der Waals surface area contributed by atoms with E-state index in [4.69, 9.17) is 11.5 Å². The maximum Gasteiger partial charge on any atom is 0.326 e. The van der Waals surface area contributed by atoms with Crippen molar-refractivity contribution in [1.82, 2.24) is 10.6 Å². The molecule has 0 aromatic heterocycles. The summed E-state index contributed by atoms with van der Waals surface area (Å²) >= 11 is 0. The van der Waals surface area contributed by atoms with Gasteiger partial charge in [0.05, 0.1) is 0 Å². The zero-order chi connectivity index (χ0) is 15.0. The van der Waals surface area contributed by atoms with Crippen molar-refractivity contribution in [3.05, 3.63) is 35.9 Å². The highest BCUT2D eigenvalue weighted by atomic mass is 16.4. The van der Waals surface area contributed by atoms with Crippen LogP contribution >= 0.6 is 0 Å². The number of carbonyl (C=O) groups excluding carboxylic acids is 1. The van der Waals surface area contributed by atoms with E-state index in [0.29, 0.717) is 6.42 Å². The van der Waals surface area contributed by atoms with Crippen molar-refractivity contribution in [3.8, 4) is 12.3 Å². The molecular weight excluding hydrogens is 256 g/mol. The molecule has 5 heteroatoms. The number of aliphatic carboxylic acids is 1. The van der Waals surface area contributed by atoms with Gasteiger partial charge in [-0.15, -0.1) is 12.3 Å². The number of terminal acetylenes is 1. The standard InChI is InChI=1S/C15H18N2O3/c1-3-7-11(2)16-15(20)17-13(14(18)19)10-12-8-5-4-6-9-12/h1,4-6,8-9,11,13H,7,10H2,2H3,(H,18,19)(H2,16,17,20). The molecule has 0 aliphatic heterocycles. The van der Waals surface area contributed by atoms with Crippen molar-refractivity contribution < 1.29 is 14.7 Å². The summed E-state index contributed by atoms with van der Waals surface area (Å²) in [5.74, 6) is 1.35. The summed E-state index contributed by atoms with van der Waals surface area (Å²) in [5.41, 5.74) is 0.844. The topological polar surface area (TPSA) is 78.4 Å². The summed E-state index contributed by atoms with van der Waals surface area (Å²) in [5, 5.41) is 14.2. The number of benzene rings is 1. The van der Waals surface area contributed by atoms with Gasteiger partial charge < -0.3 is 15.7 Å². The van der Waals surface area contributed by atoms with Crippen LogP contribution in [0.1, 0.15) is 18.9 Å². The SMILES string of the molecule is C#CCC(C)NC(=O)NC(Cc1ccccc1)C(=O)O. The number of nitrogens with one attached hydrogen (secondary N) is 2. The minimum absolute atomic E-state index is 0.203. The van der Waals surface area contributed by atoms with E-state index in [0.717, 1.165) is 5.56 Å². The summed E-state index contributed by atoms with van der Waals surface area (Å²) in [7, 11) is 0. The van der Waals surface area contributed by atoms with Crippen molar-refractivity contribution in [1.29, 1.82) is 0 Å². The number of hydrogen-bond donors (Lipinski definition) is 3. The van der Waals surface area contributed by atoms with Gasteiger partial charge in [0.15, 0.2) is 0 Å². The first-order valence-electron chi connectivity index (χ1n) is 6.30. The second kappa shape index (κ2) is 7.85. The van der Waals surface area contributed by atoms with Crippen molar-refractivity contribution in [2.75, 3.05) is 0 Å². The molecule has 1 aromatic carbocycles. The number of rotatable bonds is 6. The Morgan fingerprint density at radius 1 is 1.30 bits per heavy atom. The molecular formula is C15H18N2O3. The van der Waals surface area contributed by atoms with Crippen LogP contribution in [0, 0.1) is 12.3 Å². The molecule has 2 amide bonds. The Kier molecular flexibility index (Phi) is 6.11. The average molecular weight is 274 g/mol. The van der Waals surface area contributed by atoms with Gasteiger partial charge in [0.25, 0.3) is 0 Å². The Bertz CT molecular complexity index is 494. The molecule has 0 aliphatic carbocycles. The van der Waals surface area contributed by atoms with Crippen LogP contribution in [0.5, 0.6) is 0 Å². The lowest BCUT2D eigenvalue weighted by Crippen LogP contribution is -2.49. The third-order valence-electron chi connectivity index (χ3n) is 2.69. The molecule has 0 aliphatic rings. The smallest absolute Gasteiger partial charge is 0.326 e. The number of urea groups is 1. The highest BCUT2D eigenvalue weighted by molar-refractivity contribution is 5.82. The molecule has 20 heavy (non-hydrogen) atoms. The monoisotopic (exact) mass is 274 g/mol. The fourth-order valence-corrected chi connectivity index (χ4v) is 1.70. The molecule has 0 heterocycles. The summed E-state index contributed by atoms with van der Waals surface area (Å²) in [6.45, 7) is 1.76. The number of amides is 2. The van der Waals surface area contributed by atoms with Crippen molar-refractivity contribution in [3.63, 3.8) is 0 Å². The van der Waals surface area contributed by atoms with Crippen LogP contribution in [0.3, 0.4) is 0 Å². The van der Waals surface area contributed by atoms with Gasteiger partial charge in [-0.25, -0.2) is 9.59 Å². The van der Waals surface area contributed by atoms with Gasteiger partial charge in [0.1, 0.15) is 6.04 Å². The van der Waals surface area contributed by atoms with Gasteiger partial charge in [0.2, 0.25) is 0 Å². The molecule has 2 atom stereocenters. The van der Waals surface area contributed by atoms with Gasteiger partial charge in [-0.1, -0.05) is 30.3 Å². The van der Waals surface area contributed by atoms with Gasteiger partial charge >= 0.3 is 12.0 Å². The fourth-order valence-electron chi connectivity index (χ4n) is 1.70. The minimum atomic E-state index is -1.08. The molecule has 0 fully saturated rings. The average Bonchev–Trinajstić information content (AvgIpc) is 2.39. The first-order chi connectivity index (χ1) is 9.52. The van der Waals surface area contributed by atoms with E-state index >= 15 is 0 Å². The molecule has 0 spiro atoms. The first kappa shape index (κ1) is 15.6. The lowest BCUT2D eigenvalue weighted by atomic mass is 10.1. The zero-order valence-corrected chi connectivity index (χ0v) is 11.3. The van der Waals surface area contributed by atoms with Crippen LogP contribution < -0.4 is 10.6 Å². The quantitative estimate of drug-likeness (QED) is 0.686. The third-order valence-corrected chi connectivity index (χ3v) is 2.69. The first-order valence-corrected chi connectivity index (χ1v) is 6.30. The summed E-state index contributed by atoms with van der Waals surface area (Å²) in [4.78, 5) is 22.9. The predicted octanol–water partition coefficient (Wildman–Crippen LogP) is 1.39. The molecule has 0 saturated heterocycles. The van der Waals surface area contributed by atoms with Crippen LogP contribution in [0.4, 0.5) is 4.79 Å². The van der Waals surface area contributed by atoms with Gasteiger partial charge in [-0.3, -0.25) is 0 Å². The Balaban J connectivity index is 2.58. The number of carbonyl (C=O) groups is 2. The Labute approximate surface area is 118 Å². The van der Waals surface area contributed by atoms with Crippen LogP contribution in [0.15, 0.2) is 30.3 Å². The molecule has 0 bridgehead atoms. The number of carboxylic acids is 1. The molecule has 106 valence electrons. The largest absolute Gasteiger partial charge is 0.480 e. The lowest BCUT2D eigenvalue weighted by Gasteiger charge is -2.17. The number of carboxylic acid groups (broad SMARTS) is 1. The normalized spacial score (nSPS) is 12.8. The van der Waals surface area contributed by atoms with Crippen molar-refractivity contribution in [2.45, 2.75) is 31.8 Å². The molecule has 0 saturated carbocycles. The molecule has 3 N–H and O–H groups in total. The maximum atomic E-state index is 11.7. The van der Waals surface area contributed by atoms with Crippen LogP contribution in [0.25, 0.3) is 0 Å². The molecule has 0 radical (unpaired) electrons. The third kappa shape index (κ3) is 5.44. The van der Waals surface area contributed by atoms with E-state index in [1.807, 2.05) is 30.3 Å². The van der Waals surface area contributed by atoms with Crippen LogP contribution in [0.2, 0.25) is 0 Å². The van der Waals surface area contributed by atoms with E-state index in [1.54, 1.807) is 6.92 Å². The van der Waals surface area contributed by atoms with Crippen LogP contribution in [-0.2, 0) is 11.2 Å². The second-order valence-electron chi connectivity index (χ2n) is 4.51. The van der Waals surface area contributed by atoms with Gasteiger partial charge in [0, 0.05) is 18.9 Å². The zero-order valence-electron chi connectivity index (χ0n) is 11.3. The lowest BCUT2D eigenvalue weighted by molar-refractivity contribution is -0.139. The highest BCUT2D eigenvalue weighted by Gasteiger charge is 2.20. The predicted molar refractivity (Wildman–Crippen MR) is 76.1 cm³/mol.